The maximum Gasteiger partial charge on any atom is 0.289 e. The van der Waals surface area contributed by atoms with Crippen molar-refractivity contribution in [3.05, 3.63) is 81.4 Å². The smallest absolute Gasteiger partial charge is 0.289 e. The molecule has 204 valence electrons. The van der Waals surface area contributed by atoms with Gasteiger partial charge in [0, 0.05) is 5.39 Å². The largest absolute Gasteiger partial charge is 0.493 e. The molecule has 7 rings (SSSR count). The highest BCUT2D eigenvalue weighted by Crippen LogP contribution is 2.50. The summed E-state index contributed by atoms with van der Waals surface area (Å²) in [6.07, 6.45) is 4.48. The molecule has 3 heterocycles. The van der Waals surface area contributed by atoms with Crippen LogP contribution in [0.25, 0.3) is 28.1 Å². The molecule has 0 spiro atoms. The Morgan fingerprint density at radius 3 is 2.45 bits per heavy atom. The molecule has 2 saturated carbocycles. The molecule has 2 aliphatic carbocycles. The van der Waals surface area contributed by atoms with Crippen LogP contribution < -0.4 is 5.56 Å². The Labute approximate surface area is 229 Å². The molecule has 2 aliphatic rings. The van der Waals surface area contributed by atoms with E-state index in [9.17, 15) is 9.90 Å². The van der Waals surface area contributed by atoms with E-state index in [-0.39, 0.29) is 42.4 Å². The van der Waals surface area contributed by atoms with Crippen molar-refractivity contribution in [3.63, 3.8) is 0 Å². The topological polar surface area (TPSA) is 129 Å². The Morgan fingerprint density at radius 1 is 1.02 bits per heavy atom. The average molecular weight is 540 g/mol. The second-order valence-electron chi connectivity index (χ2n) is 10.9. The SMILES string of the molecule is CC(C)OCc1nc(=O)c(-c2nnc(Cc3noc4ccccc34)o2)c(O)n1-c1c(C2CC2)cccc1C1CC1. The Kier molecular flexibility index (Phi) is 6.00. The molecule has 0 radical (unpaired) electrons. The first-order chi connectivity index (χ1) is 19.5. The van der Waals surface area contributed by atoms with E-state index in [0.717, 1.165) is 47.9 Å². The van der Waals surface area contributed by atoms with Crippen LogP contribution in [0.1, 0.15) is 79.9 Å². The monoisotopic (exact) mass is 539 g/mol. The van der Waals surface area contributed by atoms with Crippen molar-refractivity contribution >= 4 is 11.0 Å². The molecule has 0 atom stereocenters. The van der Waals surface area contributed by atoms with Gasteiger partial charge in [-0.25, -0.2) is 0 Å². The highest BCUT2D eigenvalue weighted by molar-refractivity contribution is 5.79. The zero-order valence-corrected chi connectivity index (χ0v) is 22.3. The van der Waals surface area contributed by atoms with Crippen molar-refractivity contribution in [1.82, 2.24) is 24.9 Å². The molecule has 2 fully saturated rings. The number of ether oxygens (including phenoxy) is 1. The molecule has 10 nitrogen and oxygen atoms in total. The van der Waals surface area contributed by atoms with Gasteiger partial charge in [0.1, 0.15) is 18.1 Å². The third kappa shape index (κ3) is 4.48. The van der Waals surface area contributed by atoms with Gasteiger partial charge < -0.3 is 18.8 Å². The summed E-state index contributed by atoms with van der Waals surface area (Å²) >= 11 is 0. The summed E-state index contributed by atoms with van der Waals surface area (Å²) in [5.74, 6) is 1.01. The molecule has 0 amide bonds. The summed E-state index contributed by atoms with van der Waals surface area (Å²) in [6.45, 7) is 3.91. The van der Waals surface area contributed by atoms with Crippen LogP contribution >= 0.6 is 0 Å². The van der Waals surface area contributed by atoms with Gasteiger partial charge in [0.2, 0.25) is 11.8 Å². The van der Waals surface area contributed by atoms with E-state index in [1.165, 1.54) is 0 Å². The summed E-state index contributed by atoms with van der Waals surface area (Å²) in [5.41, 5.74) is 3.67. The number of benzene rings is 2. The quantitative estimate of drug-likeness (QED) is 0.262. The normalized spacial score (nSPS) is 15.4. The first kappa shape index (κ1) is 24.7. The molecule has 10 heteroatoms. The minimum Gasteiger partial charge on any atom is -0.493 e. The van der Waals surface area contributed by atoms with Crippen molar-refractivity contribution in [1.29, 1.82) is 0 Å². The number of rotatable bonds is 9. The lowest BCUT2D eigenvalue weighted by atomic mass is 9.99. The molecule has 40 heavy (non-hydrogen) atoms. The molecule has 0 unspecified atom stereocenters. The standard InChI is InChI=1S/C30H29N5O5/c1-16(2)38-15-24-31-28(36)26(29-33-32-25(39-29)14-22-21-6-3-4-9-23(21)40-34-22)30(37)35(24)27-19(17-10-11-17)7-5-8-20(27)18-12-13-18/h3-9,16-18,37H,10-15H2,1-2H3. The maximum absolute atomic E-state index is 13.4. The van der Waals surface area contributed by atoms with E-state index in [1.54, 1.807) is 4.57 Å². The van der Waals surface area contributed by atoms with E-state index in [4.69, 9.17) is 13.7 Å². The second-order valence-corrected chi connectivity index (χ2v) is 10.9. The van der Waals surface area contributed by atoms with Crippen molar-refractivity contribution in [2.24, 2.45) is 0 Å². The van der Waals surface area contributed by atoms with Crippen molar-refractivity contribution < 1.29 is 18.8 Å². The van der Waals surface area contributed by atoms with Crippen LogP contribution in [-0.2, 0) is 17.8 Å². The molecular weight excluding hydrogens is 510 g/mol. The van der Waals surface area contributed by atoms with Gasteiger partial charge in [0.25, 0.3) is 11.4 Å². The van der Waals surface area contributed by atoms with Crippen molar-refractivity contribution in [2.75, 3.05) is 0 Å². The lowest BCUT2D eigenvalue weighted by Gasteiger charge is -2.22. The molecular formula is C30H29N5O5. The lowest BCUT2D eigenvalue weighted by Crippen LogP contribution is -2.22. The predicted octanol–water partition coefficient (Wildman–Crippen LogP) is 5.40. The lowest BCUT2D eigenvalue weighted by molar-refractivity contribution is 0.0594. The number of hydrogen-bond donors (Lipinski definition) is 1. The third-order valence-corrected chi connectivity index (χ3v) is 7.49. The zero-order chi connectivity index (χ0) is 27.4. The van der Waals surface area contributed by atoms with Crippen molar-refractivity contribution in [2.45, 2.75) is 70.5 Å². The van der Waals surface area contributed by atoms with Gasteiger partial charge in [-0.2, -0.15) is 4.98 Å². The molecule has 2 aromatic carbocycles. The van der Waals surface area contributed by atoms with E-state index < -0.39 is 5.56 Å². The van der Waals surface area contributed by atoms with Crippen LogP contribution in [0.3, 0.4) is 0 Å². The van der Waals surface area contributed by atoms with Crippen LogP contribution in [0.4, 0.5) is 0 Å². The van der Waals surface area contributed by atoms with Crippen LogP contribution in [0.2, 0.25) is 0 Å². The van der Waals surface area contributed by atoms with Crippen LogP contribution in [0.5, 0.6) is 5.88 Å². The Hall–Kier alpha value is -4.31. The molecule has 1 N–H and O–H groups in total. The van der Waals surface area contributed by atoms with E-state index >= 15 is 0 Å². The fraction of sp³-hybridized carbons (Fsp3) is 0.367. The van der Waals surface area contributed by atoms with E-state index in [1.807, 2.05) is 38.1 Å². The minimum atomic E-state index is -0.657. The highest BCUT2D eigenvalue weighted by atomic mass is 16.5. The summed E-state index contributed by atoms with van der Waals surface area (Å²) in [6, 6.07) is 13.8. The second kappa shape index (κ2) is 9.71. The Balaban J connectivity index is 1.35. The fourth-order valence-electron chi connectivity index (χ4n) is 5.23. The van der Waals surface area contributed by atoms with Gasteiger partial charge in [-0.05, 0) is 74.6 Å². The summed E-state index contributed by atoms with van der Waals surface area (Å²) in [7, 11) is 0. The summed E-state index contributed by atoms with van der Waals surface area (Å²) in [4.78, 5) is 17.8. The minimum absolute atomic E-state index is 0.0676. The van der Waals surface area contributed by atoms with Crippen LogP contribution in [0, 0.1) is 0 Å². The number of hydrogen-bond acceptors (Lipinski definition) is 9. The fourth-order valence-corrected chi connectivity index (χ4v) is 5.23. The molecule has 3 aromatic heterocycles. The van der Waals surface area contributed by atoms with Gasteiger partial charge in [-0.1, -0.05) is 35.5 Å². The van der Waals surface area contributed by atoms with E-state index in [0.29, 0.717) is 28.9 Å². The maximum atomic E-state index is 13.4. The molecule has 0 aliphatic heterocycles. The Bertz CT molecular complexity index is 1750. The average Bonchev–Trinajstić information content (AvgIpc) is 3.88. The Morgan fingerprint density at radius 2 is 1.75 bits per heavy atom. The first-order valence-corrected chi connectivity index (χ1v) is 13.7. The number of aromatic nitrogens is 5. The number of fused-ring (bicyclic) bond motifs is 1. The van der Waals surface area contributed by atoms with Gasteiger partial charge in [0.15, 0.2) is 11.1 Å². The molecule has 0 bridgehead atoms. The summed E-state index contributed by atoms with van der Waals surface area (Å²) in [5, 5.41) is 25.0. The molecule has 5 aromatic rings. The third-order valence-electron chi connectivity index (χ3n) is 7.49. The predicted molar refractivity (Wildman–Crippen MR) is 145 cm³/mol. The number of nitrogens with zero attached hydrogens (tertiary/aromatic N) is 5. The number of para-hydroxylation sites is 2. The zero-order valence-electron chi connectivity index (χ0n) is 22.3. The van der Waals surface area contributed by atoms with Gasteiger partial charge in [-0.15, -0.1) is 10.2 Å². The summed E-state index contributed by atoms with van der Waals surface area (Å²) < 4.78 is 18.8. The van der Waals surface area contributed by atoms with Crippen LogP contribution in [-0.4, -0.2) is 36.1 Å². The van der Waals surface area contributed by atoms with Gasteiger partial charge in [0.05, 0.1) is 18.2 Å². The highest BCUT2D eigenvalue weighted by Gasteiger charge is 2.35. The van der Waals surface area contributed by atoms with E-state index in [2.05, 4.69) is 38.5 Å². The van der Waals surface area contributed by atoms with Gasteiger partial charge in [-0.3, -0.25) is 9.36 Å². The number of aromatic hydroxyl groups is 1. The van der Waals surface area contributed by atoms with Crippen LogP contribution in [0.15, 0.2) is 56.2 Å². The molecule has 0 saturated heterocycles. The first-order valence-electron chi connectivity index (χ1n) is 13.7. The van der Waals surface area contributed by atoms with Gasteiger partial charge >= 0.3 is 0 Å². The van der Waals surface area contributed by atoms with Crippen molar-refractivity contribution in [3.8, 4) is 23.0 Å².